The average molecular weight is 266 g/mol. The Morgan fingerprint density at radius 3 is 2.11 bits per heavy atom. The van der Waals surface area contributed by atoms with Gasteiger partial charge >= 0.3 is 0 Å². The van der Waals surface area contributed by atoms with Crippen molar-refractivity contribution < 1.29 is 0 Å². The molecule has 0 radical (unpaired) electrons. The molecule has 0 unspecified atom stereocenters. The van der Waals surface area contributed by atoms with Gasteiger partial charge in [-0.25, -0.2) is 0 Å². The highest BCUT2D eigenvalue weighted by Gasteiger charge is 2.24. The van der Waals surface area contributed by atoms with Crippen molar-refractivity contribution in [2.45, 2.75) is 85.0 Å². The number of rotatable bonds is 7. The van der Waals surface area contributed by atoms with Crippen molar-refractivity contribution in [3.8, 4) is 0 Å². The maximum absolute atomic E-state index is 7.20. The molecule has 1 fully saturated rings. The van der Waals surface area contributed by atoms with Crippen molar-refractivity contribution >= 4 is 5.84 Å². The zero-order valence-electron chi connectivity index (χ0n) is 13.3. The lowest BCUT2D eigenvalue weighted by Crippen LogP contribution is -2.19. The minimum absolute atomic E-state index is 0.350. The van der Waals surface area contributed by atoms with E-state index in [2.05, 4.69) is 20.8 Å². The molecule has 0 atom stereocenters. The number of hydrogen-bond acceptors (Lipinski definition) is 1. The van der Waals surface area contributed by atoms with Gasteiger partial charge in [0.15, 0.2) is 0 Å². The molecule has 0 aromatic carbocycles. The smallest absolute Gasteiger partial charge is 0.0905 e. The maximum Gasteiger partial charge on any atom is 0.0905 e. The van der Waals surface area contributed by atoms with E-state index in [0.717, 1.165) is 24.7 Å². The largest absolute Gasteiger partial charge is 0.388 e. The molecule has 0 heterocycles. The quantitative estimate of drug-likeness (QED) is 0.375. The first-order valence-corrected chi connectivity index (χ1v) is 8.20. The Bertz CT molecular complexity index is 257. The fourth-order valence-electron chi connectivity index (χ4n) is 3.52. The highest BCUT2D eigenvalue weighted by atomic mass is 14.7. The molecule has 0 aromatic heterocycles. The van der Waals surface area contributed by atoms with Gasteiger partial charge in [0, 0.05) is 6.42 Å². The van der Waals surface area contributed by atoms with Crippen molar-refractivity contribution in [3.63, 3.8) is 0 Å². The van der Waals surface area contributed by atoms with Crippen LogP contribution < -0.4 is 5.73 Å². The third-order valence-corrected chi connectivity index (χ3v) is 4.43. The molecule has 3 N–H and O–H groups in total. The standard InChI is InChI=1S/C17H34N2/c1-17(2,3)13-15-11-9-14(10-12-15)7-5-4-6-8-16(18)19/h14-15H,4-13H2,1-3H3,(H3,18,19). The van der Waals surface area contributed by atoms with Crippen molar-refractivity contribution in [1.82, 2.24) is 0 Å². The van der Waals surface area contributed by atoms with E-state index >= 15 is 0 Å². The maximum atomic E-state index is 7.20. The van der Waals surface area contributed by atoms with Gasteiger partial charge in [0.1, 0.15) is 0 Å². The van der Waals surface area contributed by atoms with Crippen LogP contribution in [0, 0.1) is 22.7 Å². The number of nitrogens with one attached hydrogen (secondary N) is 1. The molecule has 0 bridgehead atoms. The van der Waals surface area contributed by atoms with Gasteiger partial charge in [0.25, 0.3) is 0 Å². The summed E-state index contributed by atoms with van der Waals surface area (Å²) < 4.78 is 0. The van der Waals surface area contributed by atoms with Crippen molar-refractivity contribution in [3.05, 3.63) is 0 Å². The fourth-order valence-corrected chi connectivity index (χ4v) is 3.52. The van der Waals surface area contributed by atoms with Gasteiger partial charge in [-0.15, -0.1) is 0 Å². The fraction of sp³-hybridized carbons (Fsp3) is 0.941. The van der Waals surface area contributed by atoms with Crippen LogP contribution in [0.1, 0.15) is 85.0 Å². The van der Waals surface area contributed by atoms with E-state index in [1.807, 2.05) is 0 Å². The highest BCUT2D eigenvalue weighted by Crippen LogP contribution is 2.37. The van der Waals surface area contributed by atoms with E-state index in [1.54, 1.807) is 0 Å². The summed E-state index contributed by atoms with van der Waals surface area (Å²) in [7, 11) is 0. The Morgan fingerprint density at radius 1 is 1.00 bits per heavy atom. The minimum atomic E-state index is 0.350. The number of amidine groups is 1. The zero-order valence-corrected chi connectivity index (χ0v) is 13.3. The molecule has 1 rings (SSSR count). The monoisotopic (exact) mass is 266 g/mol. The normalized spacial score (nSPS) is 24.4. The Balaban J connectivity index is 2.05. The summed E-state index contributed by atoms with van der Waals surface area (Å²) in [6, 6.07) is 0. The number of hydrogen-bond donors (Lipinski definition) is 2. The summed E-state index contributed by atoms with van der Waals surface area (Å²) in [6.07, 6.45) is 13.1. The molecule has 0 spiro atoms. The number of unbranched alkanes of at least 4 members (excludes halogenated alkanes) is 2. The summed E-state index contributed by atoms with van der Waals surface area (Å²) in [5, 5.41) is 7.20. The van der Waals surface area contributed by atoms with Crippen LogP contribution in [0.25, 0.3) is 0 Å². The van der Waals surface area contributed by atoms with E-state index in [4.69, 9.17) is 11.1 Å². The van der Waals surface area contributed by atoms with Crippen LogP contribution in [0.2, 0.25) is 0 Å². The third kappa shape index (κ3) is 8.28. The molecule has 1 saturated carbocycles. The van der Waals surface area contributed by atoms with Crippen LogP contribution in [0.4, 0.5) is 0 Å². The first-order valence-electron chi connectivity index (χ1n) is 8.20. The molecule has 1 aliphatic carbocycles. The van der Waals surface area contributed by atoms with Crippen LogP contribution in [0.15, 0.2) is 0 Å². The summed E-state index contributed by atoms with van der Waals surface area (Å²) in [6.45, 7) is 7.11. The second kappa shape index (κ2) is 7.91. The summed E-state index contributed by atoms with van der Waals surface area (Å²) >= 11 is 0. The van der Waals surface area contributed by atoms with Gasteiger partial charge in [-0.1, -0.05) is 65.7 Å². The highest BCUT2D eigenvalue weighted by molar-refractivity contribution is 5.76. The van der Waals surface area contributed by atoms with Crippen molar-refractivity contribution in [2.24, 2.45) is 23.0 Å². The zero-order chi connectivity index (χ0) is 14.3. The molecular weight excluding hydrogens is 232 g/mol. The lowest BCUT2D eigenvalue weighted by molar-refractivity contribution is 0.198. The van der Waals surface area contributed by atoms with Crippen LogP contribution in [0.3, 0.4) is 0 Å². The molecule has 0 amide bonds. The molecule has 0 aliphatic heterocycles. The molecule has 2 heteroatoms. The Labute approximate surface area is 120 Å². The molecule has 19 heavy (non-hydrogen) atoms. The van der Waals surface area contributed by atoms with Gasteiger partial charge in [0.05, 0.1) is 5.84 Å². The van der Waals surface area contributed by atoms with E-state index in [1.165, 1.54) is 51.4 Å². The Hall–Kier alpha value is -0.530. The van der Waals surface area contributed by atoms with E-state index in [9.17, 15) is 0 Å². The van der Waals surface area contributed by atoms with Crippen LogP contribution in [-0.4, -0.2) is 5.84 Å². The molecule has 2 nitrogen and oxygen atoms in total. The third-order valence-electron chi connectivity index (χ3n) is 4.43. The minimum Gasteiger partial charge on any atom is -0.388 e. The van der Waals surface area contributed by atoms with Gasteiger partial charge in [-0.05, 0) is 30.1 Å². The first kappa shape index (κ1) is 16.5. The van der Waals surface area contributed by atoms with Gasteiger partial charge < -0.3 is 5.73 Å². The molecule has 0 saturated heterocycles. The average Bonchev–Trinajstić information content (AvgIpc) is 2.28. The van der Waals surface area contributed by atoms with Gasteiger partial charge in [-0.2, -0.15) is 0 Å². The summed E-state index contributed by atoms with van der Waals surface area (Å²) in [4.78, 5) is 0. The van der Waals surface area contributed by atoms with E-state index < -0.39 is 0 Å². The molecule has 1 aliphatic rings. The van der Waals surface area contributed by atoms with Crippen LogP contribution in [0.5, 0.6) is 0 Å². The Kier molecular flexibility index (Phi) is 6.88. The molecule has 112 valence electrons. The second-order valence-electron chi connectivity index (χ2n) is 7.78. The van der Waals surface area contributed by atoms with E-state index in [-0.39, 0.29) is 0 Å². The Morgan fingerprint density at radius 2 is 1.58 bits per heavy atom. The predicted octanol–water partition coefficient (Wildman–Crippen LogP) is 5.12. The van der Waals surface area contributed by atoms with Gasteiger partial charge in [0.2, 0.25) is 0 Å². The number of nitrogens with two attached hydrogens (primary N) is 1. The lowest BCUT2D eigenvalue weighted by Gasteiger charge is -2.32. The van der Waals surface area contributed by atoms with E-state index in [0.29, 0.717) is 11.3 Å². The predicted molar refractivity (Wildman–Crippen MR) is 84.5 cm³/mol. The molecule has 0 aromatic rings. The SMILES string of the molecule is CC(C)(C)CC1CCC(CCCCCC(=N)N)CC1. The van der Waals surface area contributed by atoms with Crippen LogP contribution >= 0.6 is 0 Å². The van der Waals surface area contributed by atoms with Crippen molar-refractivity contribution in [1.29, 1.82) is 5.41 Å². The van der Waals surface area contributed by atoms with Crippen LogP contribution in [-0.2, 0) is 0 Å². The topological polar surface area (TPSA) is 49.9 Å². The first-order chi connectivity index (χ1) is 8.87. The van der Waals surface area contributed by atoms with Gasteiger partial charge in [-0.3, -0.25) is 5.41 Å². The molecular formula is C17H34N2. The lowest BCUT2D eigenvalue weighted by atomic mass is 9.73. The summed E-state index contributed by atoms with van der Waals surface area (Å²) in [5.74, 6) is 2.31. The summed E-state index contributed by atoms with van der Waals surface area (Å²) in [5.41, 5.74) is 5.87. The second-order valence-corrected chi connectivity index (χ2v) is 7.78. The van der Waals surface area contributed by atoms with Crippen molar-refractivity contribution in [2.75, 3.05) is 0 Å².